The maximum Gasteiger partial charge on any atom is 0.137 e. The van der Waals surface area contributed by atoms with Crippen molar-refractivity contribution in [2.45, 2.75) is 70.1 Å². The fourth-order valence-electron chi connectivity index (χ4n) is 6.26. The summed E-state index contributed by atoms with van der Waals surface area (Å²) < 4.78 is 0. The third kappa shape index (κ3) is 5.73. The minimum atomic E-state index is 0.222. The van der Waals surface area contributed by atoms with Crippen molar-refractivity contribution in [2.24, 2.45) is 5.73 Å². The van der Waals surface area contributed by atoms with Crippen LogP contribution in [-0.4, -0.2) is 45.0 Å². The summed E-state index contributed by atoms with van der Waals surface area (Å²) in [4.78, 5) is 17.6. The molecule has 4 heterocycles. The van der Waals surface area contributed by atoms with Crippen LogP contribution in [0.3, 0.4) is 0 Å². The smallest absolute Gasteiger partial charge is 0.137 e. The molecule has 2 atom stereocenters. The molecule has 3 aromatic heterocycles. The molecule has 1 aromatic carbocycles. The molecule has 1 aliphatic heterocycles. The van der Waals surface area contributed by atoms with Crippen LogP contribution >= 0.6 is 11.6 Å². The minimum Gasteiger partial charge on any atom is -0.349 e. The Balaban J connectivity index is 1.33. The lowest BCUT2D eigenvalue weighted by molar-refractivity contribution is 0.221. The predicted molar refractivity (Wildman–Crippen MR) is 156 cm³/mol. The number of nitrogens with one attached hydrogen (secondary N) is 1. The maximum atomic E-state index is 6.67. The number of fused-ring (bicyclic) bond motifs is 1. The van der Waals surface area contributed by atoms with Crippen molar-refractivity contribution in [2.75, 3.05) is 18.0 Å². The summed E-state index contributed by atoms with van der Waals surface area (Å²) in [7, 11) is 0. The standard InChI is InChI=1S/C31H37ClN6/c32-29-16-24(28-19-35-31-27(28)11-6-12-34-31)17-30(36-29)38(26-10-5-9-25(33)18-26)21-23-8-4-7-22(15-23)20-37-13-2-1-3-14-37/h4,6-8,11-12,15-17,19,25-26H,1-3,5,9-10,13-14,18,20-21,33H2,(H,34,35). The fourth-order valence-corrected chi connectivity index (χ4v) is 6.46. The number of hydrogen-bond acceptors (Lipinski definition) is 5. The molecule has 4 aromatic rings. The number of nitrogens with zero attached hydrogens (tertiary/aromatic N) is 4. The third-order valence-corrected chi connectivity index (χ3v) is 8.36. The number of aromatic nitrogens is 3. The highest BCUT2D eigenvalue weighted by molar-refractivity contribution is 6.29. The number of benzene rings is 1. The molecule has 198 valence electrons. The fraction of sp³-hybridized carbons (Fsp3) is 0.419. The zero-order chi connectivity index (χ0) is 25.9. The van der Waals surface area contributed by atoms with Gasteiger partial charge in [-0.15, -0.1) is 0 Å². The monoisotopic (exact) mass is 528 g/mol. The largest absolute Gasteiger partial charge is 0.349 e. The van der Waals surface area contributed by atoms with Crippen molar-refractivity contribution in [3.63, 3.8) is 0 Å². The molecule has 1 saturated heterocycles. The van der Waals surface area contributed by atoms with Gasteiger partial charge in [-0.05, 0) is 92.6 Å². The van der Waals surface area contributed by atoms with E-state index >= 15 is 0 Å². The molecular weight excluding hydrogens is 492 g/mol. The minimum absolute atomic E-state index is 0.222. The van der Waals surface area contributed by atoms with E-state index in [0.717, 1.165) is 66.8 Å². The molecule has 0 radical (unpaired) electrons. The lowest BCUT2D eigenvalue weighted by Gasteiger charge is -2.38. The summed E-state index contributed by atoms with van der Waals surface area (Å²) in [6, 6.07) is 17.8. The molecule has 0 bridgehead atoms. The van der Waals surface area contributed by atoms with Crippen LogP contribution < -0.4 is 10.6 Å². The molecule has 3 N–H and O–H groups in total. The van der Waals surface area contributed by atoms with Crippen LogP contribution in [0.5, 0.6) is 0 Å². The van der Waals surface area contributed by atoms with Crippen LogP contribution in [0.1, 0.15) is 56.1 Å². The normalized spacial score (nSPS) is 20.6. The predicted octanol–water partition coefficient (Wildman–Crippen LogP) is 6.54. The molecule has 6 rings (SSSR count). The van der Waals surface area contributed by atoms with Gasteiger partial charge >= 0.3 is 0 Å². The number of rotatable bonds is 7. The van der Waals surface area contributed by atoms with Crippen molar-refractivity contribution in [3.8, 4) is 11.1 Å². The van der Waals surface area contributed by atoms with Crippen LogP contribution in [0.15, 0.2) is 60.9 Å². The summed E-state index contributed by atoms with van der Waals surface area (Å²) >= 11 is 6.67. The number of anilines is 1. The molecule has 2 aliphatic rings. The number of aromatic amines is 1. The number of piperidine rings is 1. The van der Waals surface area contributed by atoms with Gasteiger partial charge in [-0.3, -0.25) is 4.90 Å². The molecule has 0 amide bonds. The number of halogens is 1. The quantitative estimate of drug-likeness (QED) is 0.266. The van der Waals surface area contributed by atoms with Crippen LogP contribution in [0, 0.1) is 0 Å². The van der Waals surface area contributed by atoms with Crippen molar-refractivity contribution in [1.82, 2.24) is 19.9 Å². The number of likely N-dealkylation sites (tertiary alicyclic amines) is 1. The van der Waals surface area contributed by atoms with Gasteiger partial charge in [0.1, 0.15) is 16.6 Å². The van der Waals surface area contributed by atoms with Gasteiger partial charge in [-0.2, -0.15) is 0 Å². The molecule has 0 spiro atoms. The lowest BCUT2D eigenvalue weighted by atomic mass is 9.90. The highest BCUT2D eigenvalue weighted by Gasteiger charge is 2.27. The molecule has 1 saturated carbocycles. The summed E-state index contributed by atoms with van der Waals surface area (Å²) in [6.07, 6.45) is 12.1. The van der Waals surface area contributed by atoms with E-state index in [1.807, 2.05) is 18.3 Å². The second kappa shape index (κ2) is 11.4. The second-order valence-electron chi connectivity index (χ2n) is 11.0. The molecule has 2 fully saturated rings. The van der Waals surface area contributed by atoms with E-state index in [1.165, 1.54) is 43.5 Å². The SMILES string of the molecule is NC1CCCC(N(Cc2cccc(CN3CCCCC3)c2)c2cc(-c3c[nH]c4ncccc34)cc(Cl)n2)C1. The average molecular weight is 529 g/mol. The first-order valence-electron chi connectivity index (χ1n) is 14.0. The first-order valence-corrected chi connectivity index (χ1v) is 14.4. The highest BCUT2D eigenvalue weighted by atomic mass is 35.5. The molecule has 7 heteroatoms. The van der Waals surface area contributed by atoms with Gasteiger partial charge in [-0.1, -0.05) is 42.3 Å². The second-order valence-corrected chi connectivity index (χ2v) is 11.4. The summed E-state index contributed by atoms with van der Waals surface area (Å²) in [6.45, 7) is 4.22. The van der Waals surface area contributed by atoms with E-state index in [9.17, 15) is 0 Å². The first kappa shape index (κ1) is 25.4. The molecule has 2 unspecified atom stereocenters. The Bertz CT molecular complexity index is 1380. The van der Waals surface area contributed by atoms with Gasteiger partial charge in [0.05, 0.1) is 0 Å². The van der Waals surface area contributed by atoms with E-state index in [0.29, 0.717) is 11.2 Å². The van der Waals surface area contributed by atoms with Crippen molar-refractivity contribution >= 4 is 28.5 Å². The maximum absolute atomic E-state index is 6.67. The zero-order valence-electron chi connectivity index (χ0n) is 22.0. The molecule has 38 heavy (non-hydrogen) atoms. The Labute approximate surface area is 230 Å². The van der Waals surface area contributed by atoms with Gasteiger partial charge in [0.25, 0.3) is 0 Å². The summed E-state index contributed by atoms with van der Waals surface area (Å²) in [5.74, 6) is 0.909. The molecular formula is C31H37ClN6. The van der Waals surface area contributed by atoms with E-state index in [1.54, 1.807) is 6.20 Å². The first-order chi connectivity index (χ1) is 18.6. The van der Waals surface area contributed by atoms with Crippen LogP contribution in [0.25, 0.3) is 22.2 Å². The topological polar surface area (TPSA) is 74.1 Å². The van der Waals surface area contributed by atoms with E-state index in [4.69, 9.17) is 22.3 Å². The zero-order valence-corrected chi connectivity index (χ0v) is 22.7. The Morgan fingerprint density at radius 3 is 2.74 bits per heavy atom. The number of H-pyrrole nitrogens is 1. The van der Waals surface area contributed by atoms with Crippen molar-refractivity contribution in [3.05, 3.63) is 77.2 Å². The Morgan fingerprint density at radius 1 is 1.00 bits per heavy atom. The summed E-state index contributed by atoms with van der Waals surface area (Å²) in [5, 5.41) is 1.58. The van der Waals surface area contributed by atoms with Crippen LogP contribution in [-0.2, 0) is 13.1 Å². The number of nitrogens with two attached hydrogens (primary N) is 1. The summed E-state index contributed by atoms with van der Waals surface area (Å²) in [5.41, 5.74) is 12.2. The van der Waals surface area contributed by atoms with Crippen LogP contribution in [0.4, 0.5) is 5.82 Å². The van der Waals surface area contributed by atoms with Gasteiger partial charge in [-0.25, -0.2) is 9.97 Å². The number of hydrogen-bond donors (Lipinski definition) is 2. The van der Waals surface area contributed by atoms with Gasteiger partial charge in [0.15, 0.2) is 0 Å². The van der Waals surface area contributed by atoms with E-state index in [-0.39, 0.29) is 6.04 Å². The van der Waals surface area contributed by atoms with E-state index < -0.39 is 0 Å². The lowest BCUT2D eigenvalue weighted by Crippen LogP contribution is -2.42. The number of pyridine rings is 2. The molecule has 6 nitrogen and oxygen atoms in total. The van der Waals surface area contributed by atoms with Gasteiger partial charge in [0, 0.05) is 48.5 Å². The van der Waals surface area contributed by atoms with E-state index in [2.05, 4.69) is 56.2 Å². The Hall–Kier alpha value is -2.93. The molecule has 1 aliphatic carbocycles. The average Bonchev–Trinajstić information content (AvgIpc) is 3.37. The van der Waals surface area contributed by atoms with Crippen LogP contribution in [0.2, 0.25) is 5.15 Å². The van der Waals surface area contributed by atoms with Gasteiger partial charge < -0.3 is 15.6 Å². The van der Waals surface area contributed by atoms with Crippen molar-refractivity contribution < 1.29 is 0 Å². The Kier molecular flexibility index (Phi) is 7.63. The third-order valence-electron chi connectivity index (χ3n) is 8.16. The van der Waals surface area contributed by atoms with Gasteiger partial charge in [0.2, 0.25) is 0 Å². The Morgan fingerprint density at radius 2 is 1.87 bits per heavy atom. The highest BCUT2D eigenvalue weighted by Crippen LogP contribution is 2.34. The van der Waals surface area contributed by atoms with Crippen molar-refractivity contribution in [1.29, 1.82) is 0 Å².